The Morgan fingerprint density at radius 1 is 1.53 bits per heavy atom. The number of hydrogen-bond acceptors (Lipinski definition) is 1. The molecule has 0 aliphatic carbocycles. The van der Waals surface area contributed by atoms with Crippen molar-refractivity contribution in [2.45, 2.75) is 17.7 Å². The topological polar surface area (TPSA) is 20.3 Å². The van der Waals surface area contributed by atoms with Crippen molar-refractivity contribution in [3.8, 4) is 0 Å². The summed E-state index contributed by atoms with van der Waals surface area (Å²) in [7, 11) is 0. The molecular formula is C12H12BrClFNO. The summed E-state index contributed by atoms with van der Waals surface area (Å²) < 4.78 is 13.7. The van der Waals surface area contributed by atoms with Crippen LogP contribution in [0.1, 0.15) is 23.2 Å². The minimum absolute atomic E-state index is 0.0109. The molecule has 0 bridgehead atoms. The molecule has 1 aliphatic rings. The van der Waals surface area contributed by atoms with Gasteiger partial charge in [0.15, 0.2) is 5.82 Å². The van der Waals surface area contributed by atoms with Gasteiger partial charge >= 0.3 is 0 Å². The maximum Gasteiger partial charge on any atom is 0.256 e. The molecule has 0 saturated carbocycles. The van der Waals surface area contributed by atoms with E-state index in [4.69, 9.17) is 11.6 Å². The summed E-state index contributed by atoms with van der Waals surface area (Å²) >= 11 is 9.16. The fourth-order valence-corrected chi connectivity index (χ4v) is 2.80. The lowest BCUT2D eigenvalue weighted by molar-refractivity contribution is 0.0725. The Kier molecular flexibility index (Phi) is 4.05. The number of piperidine rings is 1. The van der Waals surface area contributed by atoms with Crippen molar-refractivity contribution in [1.82, 2.24) is 4.90 Å². The molecule has 0 radical (unpaired) electrons. The predicted molar refractivity (Wildman–Crippen MR) is 69.3 cm³/mol. The van der Waals surface area contributed by atoms with Crippen LogP contribution in [-0.4, -0.2) is 28.7 Å². The largest absolute Gasteiger partial charge is 0.337 e. The van der Waals surface area contributed by atoms with E-state index >= 15 is 0 Å². The predicted octanol–water partition coefficient (Wildman–Crippen LogP) is 3.48. The minimum Gasteiger partial charge on any atom is -0.337 e. The van der Waals surface area contributed by atoms with Crippen LogP contribution < -0.4 is 0 Å². The van der Waals surface area contributed by atoms with Crippen molar-refractivity contribution in [3.63, 3.8) is 0 Å². The summed E-state index contributed by atoms with van der Waals surface area (Å²) in [4.78, 5) is 14.1. The van der Waals surface area contributed by atoms with E-state index in [9.17, 15) is 9.18 Å². The number of nitrogens with zero attached hydrogens (tertiary/aromatic N) is 1. The van der Waals surface area contributed by atoms with Crippen LogP contribution in [0.4, 0.5) is 4.39 Å². The fourth-order valence-electron chi connectivity index (χ4n) is 1.95. The smallest absolute Gasteiger partial charge is 0.256 e. The number of rotatable bonds is 1. The van der Waals surface area contributed by atoms with Crippen LogP contribution in [-0.2, 0) is 0 Å². The van der Waals surface area contributed by atoms with E-state index in [0.29, 0.717) is 17.9 Å². The number of hydrogen-bond donors (Lipinski definition) is 0. The standard InChI is InChI=1S/C12H12BrClFNO/c13-8-3-2-6-16(7-8)12(17)9-4-1-5-10(14)11(9)15/h1,4-5,8H,2-3,6-7H2. The van der Waals surface area contributed by atoms with Crippen LogP contribution in [0, 0.1) is 5.82 Å². The van der Waals surface area contributed by atoms with Crippen molar-refractivity contribution >= 4 is 33.4 Å². The highest BCUT2D eigenvalue weighted by Gasteiger charge is 2.25. The number of likely N-dealkylation sites (tertiary alicyclic amines) is 1. The van der Waals surface area contributed by atoms with Gasteiger partial charge in [0.05, 0.1) is 10.6 Å². The summed E-state index contributed by atoms with van der Waals surface area (Å²) in [6.07, 6.45) is 1.98. The molecule has 1 atom stereocenters. The van der Waals surface area contributed by atoms with Crippen molar-refractivity contribution in [2.75, 3.05) is 13.1 Å². The normalized spacial score (nSPS) is 20.4. The average molecular weight is 321 g/mol. The van der Waals surface area contributed by atoms with Gasteiger partial charge in [0.1, 0.15) is 0 Å². The Morgan fingerprint density at radius 3 is 3.00 bits per heavy atom. The van der Waals surface area contributed by atoms with E-state index in [1.165, 1.54) is 12.1 Å². The fraction of sp³-hybridized carbons (Fsp3) is 0.417. The molecular weight excluding hydrogens is 308 g/mol. The van der Waals surface area contributed by atoms with E-state index in [-0.39, 0.29) is 16.5 Å². The lowest BCUT2D eigenvalue weighted by atomic mass is 10.1. The first kappa shape index (κ1) is 12.8. The summed E-state index contributed by atoms with van der Waals surface area (Å²) in [6, 6.07) is 4.51. The molecule has 17 heavy (non-hydrogen) atoms. The lowest BCUT2D eigenvalue weighted by Crippen LogP contribution is -2.40. The van der Waals surface area contributed by atoms with Crippen molar-refractivity contribution in [1.29, 1.82) is 0 Å². The molecule has 1 aliphatic heterocycles. The summed E-state index contributed by atoms with van der Waals surface area (Å²) in [6.45, 7) is 1.29. The molecule has 0 spiro atoms. The first-order chi connectivity index (χ1) is 8.09. The van der Waals surface area contributed by atoms with Crippen LogP contribution in [0.25, 0.3) is 0 Å². The highest BCUT2D eigenvalue weighted by molar-refractivity contribution is 9.09. The molecule has 1 aromatic carbocycles. The van der Waals surface area contributed by atoms with Gasteiger partial charge in [-0.25, -0.2) is 4.39 Å². The van der Waals surface area contributed by atoms with Gasteiger partial charge in [-0.05, 0) is 25.0 Å². The van der Waals surface area contributed by atoms with Crippen LogP contribution in [0.3, 0.4) is 0 Å². The second-order valence-corrected chi connectivity index (χ2v) is 5.79. The van der Waals surface area contributed by atoms with E-state index in [1.54, 1.807) is 11.0 Å². The summed E-state index contributed by atoms with van der Waals surface area (Å²) in [5.74, 6) is -0.912. The van der Waals surface area contributed by atoms with E-state index in [2.05, 4.69) is 15.9 Å². The third-order valence-corrected chi connectivity index (χ3v) is 3.87. The van der Waals surface area contributed by atoms with Gasteiger partial charge in [0.25, 0.3) is 5.91 Å². The van der Waals surface area contributed by atoms with Gasteiger partial charge in [-0.1, -0.05) is 33.6 Å². The molecule has 5 heteroatoms. The van der Waals surface area contributed by atoms with E-state index in [0.717, 1.165) is 12.8 Å². The average Bonchev–Trinajstić information content (AvgIpc) is 2.32. The zero-order valence-corrected chi connectivity index (χ0v) is 11.5. The quantitative estimate of drug-likeness (QED) is 0.726. The Bertz CT molecular complexity index is 441. The molecule has 1 fully saturated rings. The minimum atomic E-state index is -0.629. The Balaban J connectivity index is 2.22. The number of carbonyl (C=O) groups is 1. The van der Waals surface area contributed by atoms with Gasteiger partial charge in [-0.2, -0.15) is 0 Å². The van der Waals surface area contributed by atoms with Crippen molar-refractivity contribution < 1.29 is 9.18 Å². The maximum atomic E-state index is 13.7. The molecule has 0 N–H and O–H groups in total. The molecule has 1 unspecified atom stereocenters. The third kappa shape index (κ3) is 2.80. The summed E-state index contributed by atoms with van der Waals surface area (Å²) in [5.41, 5.74) is 0.0547. The van der Waals surface area contributed by atoms with Gasteiger partial charge in [-0.15, -0.1) is 0 Å². The third-order valence-electron chi connectivity index (χ3n) is 2.83. The Labute approximate surface area is 113 Å². The van der Waals surface area contributed by atoms with Gasteiger partial charge in [-0.3, -0.25) is 4.79 Å². The number of benzene rings is 1. The molecule has 1 amide bonds. The lowest BCUT2D eigenvalue weighted by Gasteiger charge is -2.30. The van der Waals surface area contributed by atoms with Crippen LogP contribution >= 0.6 is 27.5 Å². The zero-order chi connectivity index (χ0) is 12.4. The molecule has 0 aromatic heterocycles. The number of carbonyl (C=O) groups excluding carboxylic acids is 1. The second kappa shape index (κ2) is 5.36. The monoisotopic (exact) mass is 319 g/mol. The number of amides is 1. The molecule has 2 rings (SSSR count). The van der Waals surface area contributed by atoms with Crippen molar-refractivity contribution in [3.05, 3.63) is 34.6 Å². The SMILES string of the molecule is O=C(c1cccc(Cl)c1F)N1CCCC(Br)C1. The van der Waals surface area contributed by atoms with E-state index in [1.807, 2.05) is 0 Å². The number of halogens is 3. The maximum absolute atomic E-state index is 13.7. The van der Waals surface area contributed by atoms with Crippen LogP contribution in [0.2, 0.25) is 5.02 Å². The Morgan fingerprint density at radius 2 is 2.29 bits per heavy atom. The van der Waals surface area contributed by atoms with Crippen LogP contribution in [0.15, 0.2) is 18.2 Å². The first-order valence-electron chi connectivity index (χ1n) is 5.47. The summed E-state index contributed by atoms with van der Waals surface area (Å²) in [5, 5.41) is -0.0109. The number of alkyl halides is 1. The second-order valence-electron chi connectivity index (χ2n) is 4.09. The first-order valence-corrected chi connectivity index (χ1v) is 6.76. The van der Waals surface area contributed by atoms with Gasteiger partial charge in [0.2, 0.25) is 0 Å². The molecule has 92 valence electrons. The molecule has 2 nitrogen and oxygen atoms in total. The Hall–Kier alpha value is -0.610. The van der Waals surface area contributed by atoms with Gasteiger partial charge in [0, 0.05) is 17.9 Å². The van der Waals surface area contributed by atoms with Crippen LogP contribution in [0.5, 0.6) is 0 Å². The molecule has 1 aromatic rings. The molecule has 1 saturated heterocycles. The highest BCUT2D eigenvalue weighted by Crippen LogP contribution is 2.22. The zero-order valence-electron chi connectivity index (χ0n) is 9.13. The van der Waals surface area contributed by atoms with Crippen molar-refractivity contribution in [2.24, 2.45) is 0 Å². The molecule has 1 heterocycles. The highest BCUT2D eigenvalue weighted by atomic mass is 79.9. The van der Waals surface area contributed by atoms with E-state index < -0.39 is 5.82 Å². The van der Waals surface area contributed by atoms with Gasteiger partial charge < -0.3 is 4.90 Å².